The Kier molecular flexibility index (Phi) is 10.1. The van der Waals surface area contributed by atoms with Gasteiger partial charge >= 0.3 is 0 Å². The number of hydrogen-bond donors (Lipinski definition) is 2. The molecule has 1 aliphatic carbocycles. The monoisotopic (exact) mass is 818 g/mol. The van der Waals surface area contributed by atoms with Crippen LogP contribution < -0.4 is 35.8 Å². The van der Waals surface area contributed by atoms with Crippen molar-refractivity contribution in [1.82, 2.24) is 4.58 Å². The van der Waals surface area contributed by atoms with Crippen molar-refractivity contribution in [1.29, 1.82) is 0 Å². The number of allylic oxidation sites excluding steroid dienone is 2. The van der Waals surface area contributed by atoms with Crippen LogP contribution in [0.1, 0.15) is 90.1 Å². The maximum atomic E-state index is 14.9. The minimum atomic E-state index is -0.435. The van der Waals surface area contributed by atoms with Crippen LogP contribution in [-0.4, -0.2) is 29.7 Å². The normalized spacial score (nSPS) is 19.2. The number of hydrogen-bond acceptors (Lipinski definition) is 5. The fraction of sp³-hybridized carbons (Fsp3) is 0.222. The number of carbonyl (C=O) groups excluding carboxylic acids is 3. The van der Waals surface area contributed by atoms with Gasteiger partial charge in [-0.25, -0.2) is 4.58 Å². The predicted molar refractivity (Wildman–Crippen MR) is 245 cm³/mol. The molecule has 6 aromatic rings. The SMILES string of the molecule is CC1N(Cc2ccccc2)c2cc(NC(=O)c3ccccc3)c(C3=C([O-])/C(=c4/cc5c(cc4NC(=O)c4ccccc4)=[N+](Cc4ccccc4)C(C)C5(C)C)C3=O)cc2C1(C)C. The van der Waals surface area contributed by atoms with Crippen molar-refractivity contribution in [2.45, 2.75) is 77.5 Å². The van der Waals surface area contributed by atoms with Crippen LogP contribution in [0.3, 0.4) is 0 Å². The molecule has 2 amide bonds. The molecule has 8 nitrogen and oxygen atoms in total. The highest BCUT2D eigenvalue weighted by Crippen LogP contribution is 2.50. The topological polar surface area (TPSA) is 105 Å². The summed E-state index contributed by atoms with van der Waals surface area (Å²) in [6.07, 6.45) is 0. The summed E-state index contributed by atoms with van der Waals surface area (Å²) in [6, 6.07) is 46.1. The van der Waals surface area contributed by atoms with Crippen molar-refractivity contribution in [3.8, 4) is 0 Å². The van der Waals surface area contributed by atoms with Crippen molar-refractivity contribution in [3.63, 3.8) is 0 Å². The number of benzene rings is 6. The maximum Gasteiger partial charge on any atom is 0.255 e. The van der Waals surface area contributed by atoms with Gasteiger partial charge in [-0.2, -0.15) is 0 Å². The van der Waals surface area contributed by atoms with Crippen LogP contribution in [0.5, 0.6) is 0 Å². The molecule has 2 unspecified atom stereocenters. The van der Waals surface area contributed by atoms with E-state index in [0.717, 1.165) is 33.3 Å². The second-order valence-corrected chi connectivity index (χ2v) is 17.9. The van der Waals surface area contributed by atoms with Gasteiger partial charge in [0.25, 0.3) is 11.8 Å². The lowest BCUT2D eigenvalue weighted by Gasteiger charge is -2.33. The Balaban J connectivity index is 1.24. The third-order valence-electron chi connectivity index (χ3n) is 13.7. The average molecular weight is 819 g/mol. The van der Waals surface area contributed by atoms with Gasteiger partial charge in [-0.15, -0.1) is 0 Å². The third kappa shape index (κ3) is 6.80. The molecule has 2 atom stereocenters. The molecule has 3 aliphatic rings. The molecule has 9 rings (SSSR count). The lowest BCUT2D eigenvalue weighted by molar-refractivity contribution is -0.292. The Morgan fingerprint density at radius 1 is 0.645 bits per heavy atom. The van der Waals surface area contributed by atoms with Crippen molar-refractivity contribution in [2.75, 3.05) is 15.5 Å². The number of Topliss-reactive ketones (excluding diaryl/α,β-unsaturated/α-hetero) is 1. The number of fused-ring (bicyclic) bond motifs is 2. The molecule has 0 aromatic heterocycles. The lowest BCUT2D eigenvalue weighted by atomic mass is 9.76. The van der Waals surface area contributed by atoms with Crippen LogP contribution in [0.15, 0.2) is 151 Å². The predicted octanol–water partition coefficient (Wildman–Crippen LogP) is 7.75. The fourth-order valence-electron chi connectivity index (χ4n) is 9.41. The zero-order valence-corrected chi connectivity index (χ0v) is 36.0. The van der Waals surface area contributed by atoms with Crippen molar-refractivity contribution in [3.05, 3.63) is 201 Å². The zero-order valence-electron chi connectivity index (χ0n) is 36.0. The number of rotatable bonds is 9. The first-order valence-corrected chi connectivity index (χ1v) is 21.3. The van der Waals surface area contributed by atoms with E-state index >= 15 is 0 Å². The van der Waals surface area contributed by atoms with E-state index in [2.05, 4.69) is 85.9 Å². The Morgan fingerprint density at radius 3 is 1.74 bits per heavy atom. The van der Waals surface area contributed by atoms with Crippen LogP contribution in [0.25, 0.3) is 11.1 Å². The first kappa shape index (κ1) is 40.4. The molecule has 2 aliphatic heterocycles. The van der Waals surface area contributed by atoms with Crippen molar-refractivity contribution >= 4 is 45.8 Å². The van der Waals surface area contributed by atoms with Crippen LogP contribution in [0.2, 0.25) is 0 Å². The van der Waals surface area contributed by atoms with Crippen LogP contribution in [0.4, 0.5) is 17.1 Å². The molecule has 62 heavy (non-hydrogen) atoms. The molecule has 2 N–H and O–H groups in total. The highest BCUT2D eigenvalue weighted by molar-refractivity contribution is 6.52. The molecule has 0 fully saturated rings. The van der Waals surface area contributed by atoms with Crippen LogP contribution in [0, 0.1) is 0 Å². The Labute approximate surface area is 362 Å². The third-order valence-corrected chi connectivity index (χ3v) is 13.7. The van der Waals surface area contributed by atoms with E-state index in [1.807, 2.05) is 72.8 Å². The number of ketones is 1. The standard InChI is InChI=1S/C54H50N4O4/c1-33-53(3,4)41-27-39(43(55-51(61)37-23-15-9-16-24-37)29-45(41)57(33)31-35-19-11-7-12-20-35)47-49(59)48(50(47)60)40-28-42-46(30-44(40)56-52(62)38-25-17-10-18-26-38)58(34(2)54(42,5)6)32-36-21-13-8-14-22-36/h7-30,33-34H,31-32H2,1-6H3,(H2,55,56,59,60,61,62). The number of nitrogens with zero attached hydrogens (tertiary/aromatic N) is 2. The first-order valence-electron chi connectivity index (χ1n) is 21.3. The van der Waals surface area contributed by atoms with Gasteiger partial charge in [0.05, 0.1) is 16.8 Å². The summed E-state index contributed by atoms with van der Waals surface area (Å²) in [7, 11) is 0. The van der Waals surface area contributed by atoms with Gasteiger partial charge in [-0.05, 0) is 81.3 Å². The Hall–Kier alpha value is -7.06. The summed E-state index contributed by atoms with van der Waals surface area (Å²) in [4.78, 5) is 45.0. The minimum absolute atomic E-state index is 0.00953. The molecule has 8 heteroatoms. The van der Waals surface area contributed by atoms with E-state index in [1.165, 1.54) is 0 Å². The molecule has 0 spiro atoms. The van der Waals surface area contributed by atoms with Crippen LogP contribution in [-0.2, 0) is 28.7 Å². The molecular formula is C54H50N4O4. The molecule has 310 valence electrons. The molecular weight excluding hydrogens is 769 g/mol. The second-order valence-electron chi connectivity index (χ2n) is 17.9. The molecule has 2 heterocycles. The molecule has 0 saturated carbocycles. The van der Waals surface area contributed by atoms with Gasteiger partial charge in [0.15, 0.2) is 18.4 Å². The molecule has 0 bridgehead atoms. The molecule has 0 saturated heterocycles. The van der Waals surface area contributed by atoms with E-state index in [0.29, 0.717) is 46.4 Å². The zero-order chi connectivity index (χ0) is 43.5. The van der Waals surface area contributed by atoms with E-state index in [-0.39, 0.29) is 45.9 Å². The summed E-state index contributed by atoms with van der Waals surface area (Å²) >= 11 is 0. The average Bonchev–Trinajstić information content (AvgIpc) is 3.57. The minimum Gasteiger partial charge on any atom is -0.871 e. The summed E-state index contributed by atoms with van der Waals surface area (Å²) in [6.45, 7) is 14.4. The highest BCUT2D eigenvalue weighted by Gasteiger charge is 2.46. The van der Waals surface area contributed by atoms with Gasteiger partial charge in [0, 0.05) is 73.9 Å². The molecule has 6 aromatic carbocycles. The summed E-state index contributed by atoms with van der Waals surface area (Å²) in [5, 5.41) is 22.4. The summed E-state index contributed by atoms with van der Waals surface area (Å²) in [5.74, 6) is -1.57. The van der Waals surface area contributed by atoms with Crippen molar-refractivity contribution < 1.29 is 19.5 Å². The number of amides is 2. The second kappa shape index (κ2) is 15.4. The van der Waals surface area contributed by atoms with Gasteiger partial charge < -0.3 is 20.6 Å². The van der Waals surface area contributed by atoms with Crippen molar-refractivity contribution in [2.24, 2.45) is 0 Å². The van der Waals surface area contributed by atoms with Gasteiger partial charge in [-0.1, -0.05) is 117 Å². The summed E-state index contributed by atoms with van der Waals surface area (Å²) in [5.41, 5.74) is 6.52. The first-order chi connectivity index (χ1) is 29.8. The summed E-state index contributed by atoms with van der Waals surface area (Å²) < 4.78 is 2.33. The van der Waals surface area contributed by atoms with E-state index in [1.54, 1.807) is 48.5 Å². The maximum absolute atomic E-state index is 14.9. The van der Waals surface area contributed by atoms with Gasteiger partial charge in [0.2, 0.25) is 5.36 Å². The highest BCUT2D eigenvalue weighted by atomic mass is 16.3. The lowest BCUT2D eigenvalue weighted by Crippen LogP contribution is -2.38. The quantitative estimate of drug-likeness (QED) is 0.145. The molecule has 0 radical (unpaired) electrons. The Bertz CT molecular complexity index is 2940. The van der Waals surface area contributed by atoms with Gasteiger partial charge in [0.1, 0.15) is 0 Å². The number of nitrogens with one attached hydrogen (secondary N) is 2. The Morgan fingerprint density at radius 2 is 1.18 bits per heavy atom. The van der Waals surface area contributed by atoms with Crippen LogP contribution >= 0.6 is 0 Å². The largest absolute Gasteiger partial charge is 0.871 e. The number of anilines is 3. The van der Waals surface area contributed by atoms with Gasteiger partial charge in [-0.3, -0.25) is 14.4 Å². The van der Waals surface area contributed by atoms with E-state index < -0.39 is 11.5 Å². The van der Waals surface area contributed by atoms with E-state index in [4.69, 9.17) is 0 Å². The fourth-order valence-corrected chi connectivity index (χ4v) is 9.41. The van der Waals surface area contributed by atoms with E-state index in [9.17, 15) is 19.5 Å². The smallest absolute Gasteiger partial charge is 0.255 e. The number of carbonyl (C=O) groups is 3.